The molecular formula is C10H11ClN4O4S2. The summed E-state index contributed by atoms with van der Waals surface area (Å²) in [5, 5.41) is 10.7. The fraction of sp³-hybridized carbons (Fsp3) is 0.300. The molecule has 2 rings (SSSR count). The molecule has 0 aliphatic carbocycles. The van der Waals surface area contributed by atoms with Gasteiger partial charge in [-0.3, -0.25) is 10.1 Å². The van der Waals surface area contributed by atoms with Gasteiger partial charge < -0.3 is 4.57 Å². The highest BCUT2D eigenvalue weighted by Gasteiger charge is 2.26. The molecule has 0 fully saturated rings. The molecule has 1 N–H and O–H groups in total. The van der Waals surface area contributed by atoms with Gasteiger partial charge >= 0.3 is 0 Å². The van der Waals surface area contributed by atoms with Gasteiger partial charge in [0.15, 0.2) is 4.34 Å². The standard InChI is InChI=1S/C10H11ClN4O4S2/c1-7(5-14-3-2-12-6-14)13-21(18,19)9-4-8(15(16)17)10(11)20-9/h2-4,6-7,13H,5H2,1H3. The maximum Gasteiger partial charge on any atom is 0.300 e. The van der Waals surface area contributed by atoms with Crippen LogP contribution in [0, 0.1) is 10.1 Å². The summed E-state index contributed by atoms with van der Waals surface area (Å²) >= 11 is 6.32. The van der Waals surface area contributed by atoms with Crippen LogP contribution in [0.5, 0.6) is 0 Å². The first-order valence-electron chi connectivity index (χ1n) is 5.71. The summed E-state index contributed by atoms with van der Waals surface area (Å²) in [6.07, 6.45) is 4.86. The Balaban J connectivity index is 2.14. The van der Waals surface area contributed by atoms with Crippen molar-refractivity contribution in [2.24, 2.45) is 0 Å². The van der Waals surface area contributed by atoms with E-state index in [1.807, 2.05) is 0 Å². The van der Waals surface area contributed by atoms with Crippen LogP contribution in [0.3, 0.4) is 0 Å². The molecule has 2 heterocycles. The lowest BCUT2D eigenvalue weighted by Gasteiger charge is -2.13. The Bertz CT molecular complexity index is 741. The number of aromatic nitrogens is 2. The zero-order chi connectivity index (χ0) is 15.6. The summed E-state index contributed by atoms with van der Waals surface area (Å²) in [5.41, 5.74) is -0.413. The quantitative estimate of drug-likeness (QED) is 0.632. The lowest BCUT2D eigenvalue weighted by atomic mass is 10.4. The lowest BCUT2D eigenvalue weighted by Crippen LogP contribution is -2.35. The average molecular weight is 351 g/mol. The molecule has 21 heavy (non-hydrogen) atoms. The normalized spacial score (nSPS) is 13.2. The van der Waals surface area contributed by atoms with Gasteiger partial charge in [0.1, 0.15) is 4.21 Å². The smallest absolute Gasteiger partial charge is 0.300 e. The zero-order valence-corrected chi connectivity index (χ0v) is 13.2. The number of hydrogen-bond acceptors (Lipinski definition) is 6. The van der Waals surface area contributed by atoms with Gasteiger partial charge in [0, 0.05) is 31.0 Å². The first-order valence-corrected chi connectivity index (χ1v) is 8.39. The summed E-state index contributed by atoms with van der Waals surface area (Å²) in [6, 6.07) is 0.545. The SMILES string of the molecule is CC(Cn1ccnc1)NS(=O)(=O)c1cc([N+](=O)[O-])c(Cl)s1. The Labute approximate surface area is 129 Å². The van der Waals surface area contributed by atoms with E-state index >= 15 is 0 Å². The predicted octanol–water partition coefficient (Wildman–Crippen LogP) is 1.87. The van der Waals surface area contributed by atoms with Crippen molar-refractivity contribution in [2.45, 2.75) is 23.7 Å². The van der Waals surface area contributed by atoms with Crippen LogP contribution >= 0.6 is 22.9 Å². The number of hydrogen-bond donors (Lipinski definition) is 1. The molecule has 0 aliphatic heterocycles. The second-order valence-electron chi connectivity index (χ2n) is 4.26. The molecule has 1 atom stereocenters. The maximum atomic E-state index is 12.2. The second-order valence-corrected chi connectivity index (χ2v) is 7.86. The molecule has 0 bridgehead atoms. The summed E-state index contributed by atoms with van der Waals surface area (Å²) in [5.74, 6) is 0. The molecule has 2 aromatic rings. The van der Waals surface area contributed by atoms with Crippen LogP contribution in [-0.2, 0) is 16.6 Å². The highest BCUT2D eigenvalue weighted by Crippen LogP contribution is 2.36. The number of rotatable bonds is 6. The van der Waals surface area contributed by atoms with Crippen molar-refractivity contribution >= 4 is 38.6 Å². The summed E-state index contributed by atoms with van der Waals surface area (Å²) in [4.78, 5) is 13.8. The van der Waals surface area contributed by atoms with Gasteiger partial charge in [0.05, 0.1) is 11.3 Å². The molecular weight excluding hydrogens is 340 g/mol. The molecule has 8 nitrogen and oxygen atoms in total. The molecule has 0 saturated heterocycles. The molecule has 1 unspecified atom stereocenters. The van der Waals surface area contributed by atoms with Crippen molar-refractivity contribution in [1.82, 2.24) is 14.3 Å². The van der Waals surface area contributed by atoms with Crippen molar-refractivity contribution in [3.63, 3.8) is 0 Å². The minimum atomic E-state index is -3.85. The van der Waals surface area contributed by atoms with Gasteiger partial charge in [-0.05, 0) is 6.92 Å². The Hall–Kier alpha value is -1.49. The Morgan fingerprint density at radius 3 is 2.86 bits per heavy atom. The number of imidazole rings is 1. The van der Waals surface area contributed by atoms with E-state index in [9.17, 15) is 18.5 Å². The average Bonchev–Trinajstić information content (AvgIpc) is 2.97. The van der Waals surface area contributed by atoms with Crippen LogP contribution in [0.25, 0.3) is 0 Å². The molecule has 0 aromatic carbocycles. The fourth-order valence-corrected chi connectivity index (χ4v) is 4.58. The van der Waals surface area contributed by atoms with E-state index in [1.54, 1.807) is 30.2 Å². The largest absolute Gasteiger partial charge is 0.336 e. The number of halogens is 1. The topological polar surface area (TPSA) is 107 Å². The molecule has 0 spiro atoms. The molecule has 0 amide bonds. The maximum absolute atomic E-state index is 12.2. The Morgan fingerprint density at radius 1 is 1.62 bits per heavy atom. The minimum Gasteiger partial charge on any atom is -0.336 e. The summed E-state index contributed by atoms with van der Waals surface area (Å²) in [7, 11) is -3.85. The number of nitro groups is 1. The summed E-state index contributed by atoms with van der Waals surface area (Å²) in [6.45, 7) is 2.07. The zero-order valence-electron chi connectivity index (χ0n) is 10.8. The Morgan fingerprint density at radius 2 is 2.33 bits per heavy atom. The third kappa shape index (κ3) is 3.79. The van der Waals surface area contributed by atoms with E-state index in [4.69, 9.17) is 11.6 Å². The third-order valence-corrected chi connectivity index (χ3v) is 5.91. The number of thiophene rings is 1. The molecule has 114 valence electrons. The van der Waals surface area contributed by atoms with E-state index in [0.717, 1.165) is 6.07 Å². The van der Waals surface area contributed by atoms with Gasteiger partial charge in [0.2, 0.25) is 0 Å². The lowest BCUT2D eigenvalue weighted by molar-refractivity contribution is -0.384. The Kier molecular flexibility index (Phi) is 4.61. The molecule has 0 aliphatic rings. The number of nitrogens with one attached hydrogen (secondary N) is 1. The van der Waals surface area contributed by atoms with Gasteiger partial charge in [-0.2, -0.15) is 0 Å². The number of sulfonamides is 1. The van der Waals surface area contributed by atoms with Gasteiger partial charge in [-0.15, -0.1) is 11.3 Å². The highest BCUT2D eigenvalue weighted by atomic mass is 35.5. The first-order chi connectivity index (χ1) is 9.79. The van der Waals surface area contributed by atoms with Crippen LogP contribution < -0.4 is 4.72 Å². The molecule has 11 heteroatoms. The van der Waals surface area contributed by atoms with Crippen LogP contribution in [0.1, 0.15) is 6.92 Å². The molecule has 2 aromatic heterocycles. The van der Waals surface area contributed by atoms with Crippen molar-refractivity contribution in [3.8, 4) is 0 Å². The second kappa shape index (κ2) is 6.10. The van der Waals surface area contributed by atoms with E-state index in [2.05, 4.69) is 9.71 Å². The van der Waals surface area contributed by atoms with Crippen molar-refractivity contribution in [2.75, 3.05) is 0 Å². The third-order valence-electron chi connectivity index (χ3n) is 2.51. The fourth-order valence-electron chi connectivity index (χ4n) is 1.67. The van der Waals surface area contributed by atoms with E-state index in [0.29, 0.717) is 17.9 Å². The summed E-state index contributed by atoms with van der Waals surface area (Å²) < 4.78 is 28.1. The number of nitrogens with zero attached hydrogens (tertiary/aromatic N) is 3. The monoisotopic (exact) mass is 350 g/mol. The van der Waals surface area contributed by atoms with E-state index in [-0.39, 0.29) is 8.55 Å². The van der Waals surface area contributed by atoms with Gasteiger partial charge in [-0.25, -0.2) is 18.1 Å². The van der Waals surface area contributed by atoms with Crippen molar-refractivity contribution < 1.29 is 13.3 Å². The van der Waals surface area contributed by atoms with E-state index in [1.165, 1.54) is 0 Å². The first kappa shape index (κ1) is 15.9. The highest BCUT2D eigenvalue weighted by molar-refractivity contribution is 7.91. The van der Waals surface area contributed by atoms with Crippen LogP contribution in [0.15, 0.2) is 29.0 Å². The van der Waals surface area contributed by atoms with Gasteiger partial charge in [-0.1, -0.05) is 11.6 Å². The molecule has 0 saturated carbocycles. The predicted molar refractivity (Wildman–Crippen MR) is 78.0 cm³/mol. The molecule has 0 radical (unpaired) electrons. The van der Waals surface area contributed by atoms with Crippen molar-refractivity contribution in [1.29, 1.82) is 0 Å². The van der Waals surface area contributed by atoms with E-state index < -0.39 is 26.7 Å². The minimum absolute atomic E-state index is 0.164. The van der Waals surface area contributed by atoms with Crippen LogP contribution in [-0.4, -0.2) is 28.9 Å². The van der Waals surface area contributed by atoms with Gasteiger partial charge in [0.25, 0.3) is 15.7 Å². The van der Waals surface area contributed by atoms with Crippen LogP contribution in [0.2, 0.25) is 4.34 Å². The van der Waals surface area contributed by atoms with Crippen molar-refractivity contribution in [3.05, 3.63) is 39.2 Å². The van der Waals surface area contributed by atoms with Crippen LogP contribution in [0.4, 0.5) is 5.69 Å².